The zero-order valence-corrected chi connectivity index (χ0v) is 16.4. The van der Waals surface area contributed by atoms with Crippen LogP contribution in [0.25, 0.3) is 5.57 Å². The number of piperidine rings is 1. The summed E-state index contributed by atoms with van der Waals surface area (Å²) < 4.78 is 27.2. The summed E-state index contributed by atoms with van der Waals surface area (Å²) in [6.45, 7) is 5.47. The number of amides is 2. The van der Waals surface area contributed by atoms with Gasteiger partial charge in [0.2, 0.25) is 0 Å². The second-order valence-electron chi connectivity index (χ2n) is 7.80. The molecule has 0 aromatic heterocycles. The maximum atomic E-state index is 13.8. The van der Waals surface area contributed by atoms with Crippen LogP contribution in [0.5, 0.6) is 0 Å². The maximum Gasteiger partial charge on any atom is 0.282 e. The number of halogens is 2. The molecular weight excluding hydrogens is 374 g/mol. The smallest absolute Gasteiger partial charge is 0.282 e. The Bertz CT molecular complexity index is 1010. The van der Waals surface area contributed by atoms with Crippen LogP contribution in [0.1, 0.15) is 30.9 Å². The minimum atomic E-state index is -1.10. The first-order valence-corrected chi connectivity index (χ1v) is 9.77. The fourth-order valence-electron chi connectivity index (χ4n) is 3.88. The van der Waals surface area contributed by atoms with Crippen molar-refractivity contribution in [3.63, 3.8) is 0 Å². The molecule has 0 N–H and O–H groups in total. The van der Waals surface area contributed by atoms with Gasteiger partial charge in [0, 0.05) is 19.2 Å². The van der Waals surface area contributed by atoms with Crippen LogP contribution in [-0.4, -0.2) is 29.8 Å². The lowest BCUT2D eigenvalue weighted by molar-refractivity contribution is -0.120. The molecule has 2 aliphatic heterocycles. The van der Waals surface area contributed by atoms with E-state index in [1.807, 2.05) is 36.1 Å². The van der Waals surface area contributed by atoms with Crippen molar-refractivity contribution in [2.24, 2.45) is 5.92 Å². The van der Waals surface area contributed by atoms with Crippen molar-refractivity contribution < 1.29 is 18.4 Å². The first-order chi connectivity index (χ1) is 13.9. The van der Waals surface area contributed by atoms with Crippen LogP contribution in [-0.2, 0) is 9.59 Å². The predicted molar refractivity (Wildman–Crippen MR) is 107 cm³/mol. The Kier molecular flexibility index (Phi) is 4.94. The number of hydrogen-bond acceptors (Lipinski definition) is 3. The van der Waals surface area contributed by atoms with Gasteiger partial charge in [-0.15, -0.1) is 0 Å². The van der Waals surface area contributed by atoms with Gasteiger partial charge in [0.1, 0.15) is 5.70 Å². The summed E-state index contributed by atoms with van der Waals surface area (Å²) in [5.74, 6) is -2.57. The molecule has 0 saturated carbocycles. The number of hydrogen-bond donors (Lipinski definition) is 0. The number of carbonyl (C=O) groups excluding carboxylic acids is 2. The van der Waals surface area contributed by atoms with Crippen molar-refractivity contribution in [3.05, 3.63) is 70.9 Å². The summed E-state index contributed by atoms with van der Waals surface area (Å²) in [6, 6.07) is 10.5. The van der Waals surface area contributed by atoms with E-state index in [9.17, 15) is 18.4 Å². The summed E-state index contributed by atoms with van der Waals surface area (Å²) in [5.41, 5.74) is 2.37. The Hall–Kier alpha value is -3.02. The van der Waals surface area contributed by atoms with Gasteiger partial charge >= 0.3 is 0 Å². The molecule has 2 aliphatic rings. The fraction of sp³-hybridized carbons (Fsp3) is 0.304. The first-order valence-electron chi connectivity index (χ1n) is 9.77. The molecule has 0 spiro atoms. The van der Waals surface area contributed by atoms with Crippen LogP contribution in [0, 0.1) is 24.5 Å². The molecule has 0 aliphatic carbocycles. The number of likely N-dealkylation sites (tertiary alicyclic amines) is 1. The van der Waals surface area contributed by atoms with E-state index < -0.39 is 23.4 Å². The highest BCUT2D eigenvalue weighted by Gasteiger charge is 2.43. The van der Waals surface area contributed by atoms with Gasteiger partial charge in [0.15, 0.2) is 11.6 Å². The van der Waals surface area contributed by atoms with Gasteiger partial charge in [-0.3, -0.25) is 9.59 Å². The average Bonchev–Trinajstić information content (AvgIpc) is 2.96. The van der Waals surface area contributed by atoms with Crippen molar-refractivity contribution >= 4 is 23.1 Å². The number of anilines is 1. The number of benzene rings is 2. The molecule has 0 unspecified atom stereocenters. The largest absolute Gasteiger partial charge is 0.366 e. The topological polar surface area (TPSA) is 40.6 Å². The van der Waals surface area contributed by atoms with Crippen molar-refractivity contribution in [3.8, 4) is 0 Å². The van der Waals surface area contributed by atoms with Gasteiger partial charge in [0.25, 0.3) is 11.8 Å². The molecule has 1 fully saturated rings. The zero-order chi connectivity index (χ0) is 20.7. The molecule has 2 heterocycles. The summed E-state index contributed by atoms with van der Waals surface area (Å²) >= 11 is 0. The van der Waals surface area contributed by atoms with Crippen LogP contribution < -0.4 is 4.90 Å². The number of rotatable bonds is 3. The number of carbonyl (C=O) groups is 2. The predicted octanol–water partition coefficient (Wildman–Crippen LogP) is 4.29. The van der Waals surface area contributed by atoms with Crippen molar-refractivity contribution in [1.82, 2.24) is 4.90 Å². The standard InChI is InChI=1S/C23H22F2N2O2/c1-14-3-5-16(6-4-14)20-21(26-11-9-15(2)10-12-26)23(29)27(22(20)28)17-7-8-18(24)19(25)13-17/h3-8,13,15H,9-12H2,1-2H3. The van der Waals surface area contributed by atoms with E-state index in [2.05, 4.69) is 6.92 Å². The number of aryl methyl sites for hydroxylation is 1. The monoisotopic (exact) mass is 396 g/mol. The number of nitrogens with zero attached hydrogens (tertiary/aromatic N) is 2. The van der Waals surface area contributed by atoms with Gasteiger partial charge in [-0.05, 0) is 43.4 Å². The van der Waals surface area contributed by atoms with Crippen LogP contribution >= 0.6 is 0 Å². The Balaban J connectivity index is 1.81. The molecule has 1 saturated heterocycles. The second-order valence-corrected chi connectivity index (χ2v) is 7.80. The highest BCUT2D eigenvalue weighted by Crippen LogP contribution is 2.36. The lowest BCUT2D eigenvalue weighted by atomic mass is 9.97. The van der Waals surface area contributed by atoms with Crippen molar-refractivity contribution in [1.29, 1.82) is 0 Å². The summed E-state index contributed by atoms with van der Waals surface area (Å²) in [5, 5.41) is 0. The minimum Gasteiger partial charge on any atom is -0.366 e. The van der Waals surface area contributed by atoms with Gasteiger partial charge < -0.3 is 4.90 Å². The third kappa shape index (κ3) is 3.43. The molecule has 4 nitrogen and oxygen atoms in total. The molecule has 2 aromatic rings. The molecule has 6 heteroatoms. The lowest BCUT2D eigenvalue weighted by Gasteiger charge is -2.32. The van der Waals surface area contributed by atoms with E-state index in [0.717, 1.165) is 35.4 Å². The maximum absolute atomic E-state index is 13.8. The molecule has 150 valence electrons. The third-order valence-corrected chi connectivity index (χ3v) is 5.66. The highest BCUT2D eigenvalue weighted by atomic mass is 19.2. The molecule has 29 heavy (non-hydrogen) atoms. The Morgan fingerprint density at radius 2 is 1.55 bits per heavy atom. The third-order valence-electron chi connectivity index (χ3n) is 5.66. The van der Waals surface area contributed by atoms with Crippen LogP contribution in [0.3, 0.4) is 0 Å². The van der Waals surface area contributed by atoms with E-state index in [1.165, 1.54) is 6.07 Å². The molecule has 0 atom stereocenters. The van der Waals surface area contributed by atoms with Crippen LogP contribution in [0.4, 0.5) is 14.5 Å². The van der Waals surface area contributed by atoms with E-state index in [1.54, 1.807) is 0 Å². The summed E-state index contributed by atoms with van der Waals surface area (Å²) in [6.07, 6.45) is 1.86. The van der Waals surface area contributed by atoms with Gasteiger partial charge in [-0.25, -0.2) is 13.7 Å². The Morgan fingerprint density at radius 1 is 0.897 bits per heavy atom. The minimum absolute atomic E-state index is 0.0314. The van der Waals surface area contributed by atoms with Crippen molar-refractivity contribution in [2.75, 3.05) is 18.0 Å². The van der Waals surface area contributed by atoms with Crippen LogP contribution in [0.15, 0.2) is 48.2 Å². The molecule has 4 rings (SSSR count). The molecule has 0 radical (unpaired) electrons. The lowest BCUT2D eigenvalue weighted by Crippen LogP contribution is -2.38. The fourth-order valence-corrected chi connectivity index (χ4v) is 3.88. The molecule has 0 bridgehead atoms. The van der Waals surface area contributed by atoms with E-state index in [0.29, 0.717) is 35.8 Å². The molecule has 2 aromatic carbocycles. The summed E-state index contributed by atoms with van der Waals surface area (Å²) in [7, 11) is 0. The molecular formula is C23H22F2N2O2. The SMILES string of the molecule is Cc1ccc(C2=C(N3CCC(C)CC3)C(=O)N(c3ccc(F)c(F)c3)C2=O)cc1. The van der Waals surface area contributed by atoms with Gasteiger partial charge in [-0.2, -0.15) is 0 Å². The normalized spacial score (nSPS) is 18.2. The Labute approximate surface area is 168 Å². The van der Waals surface area contributed by atoms with E-state index >= 15 is 0 Å². The quantitative estimate of drug-likeness (QED) is 0.727. The van der Waals surface area contributed by atoms with Gasteiger partial charge in [0.05, 0.1) is 11.3 Å². The van der Waals surface area contributed by atoms with E-state index in [4.69, 9.17) is 0 Å². The number of imide groups is 1. The first kappa shape index (κ1) is 19.3. The summed E-state index contributed by atoms with van der Waals surface area (Å²) in [4.78, 5) is 29.6. The highest BCUT2D eigenvalue weighted by molar-refractivity contribution is 6.45. The van der Waals surface area contributed by atoms with Crippen molar-refractivity contribution in [2.45, 2.75) is 26.7 Å². The second kappa shape index (κ2) is 7.43. The average molecular weight is 396 g/mol. The Morgan fingerprint density at radius 3 is 2.17 bits per heavy atom. The molecule has 2 amide bonds. The van der Waals surface area contributed by atoms with E-state index in [-0.39, 0.29) is 5.69 Å². The zero-order valence-electron chi connectivity index (χ0n) is 16.4. The van der Waals surface area contributed by atoms with Gasteiger partial charge in [-0.1, -0.05) is 36.8 Å². The van der Waals surface area contributed by atoms with Crippen LogP contribution in [0.2, 0.25) is 0 Å².